The zero-order chi connectivity index (χ0) is 12.6. The molecule has 0 bridgehead atoms. The van der Waals surface area contributed by atoms with Gasteiger partial charge < -0.3 is 20.6 Å². The Bertz CT molecular complexity index is 243. The summed E-state index contributed by atoms with van der Waals surface area (Å²) in [6.45, 7) is 4.46. The molecule has 1 atom stereocenters. The van der Waals surface area contributed by atoms with Gasteiger partial charge in [0.1, 0.15) is 12.4 Å². The fourth-order valence-corrected chi connectivity index (χ4v) is 1.13. The average molecular weight is 231 g/mol. The number of amides is 1. The van der Waals surface area contributed by atoms with Gasteiger partial charge in [-0.1, -0.05) is 12.1 Å². The van der Waals surface area contributed by atoms with Crippen molar-refractivity contribution in [1.82, 2.24) is 4.90 Å². The molecular formula is C10H21N3O3. The standard InChI is InChI=1S/C10H21N3O3/c1-4-5-16-7-10(14)13(3)8(2)6-9(11)12-15/h8,15H,4-7H2,1-3H3,(H2,11,12). The number of nitrogens with two attached hydrogens (primary N) is 1. The minimum absolute atomic E-state index is 0.0743. The molecule has 0 aromatic carbocycles. The predicted molar refractivity (Wildman–Crippen MR) is 61.4 cm³/mol. The molecule has 94 valence electrons. The van der Waals surface area contributed by atoms with Gasteiger partial charge in [0.25, 0.3) is 0 Å². The summed E-state index contributed by atoms with van der Waals surface area (Å²) in [4.78, 5) is 13.1. The van der Waals surface area contributed by atoms with E-state index < -0.39 is 0 Å². The molecule has 0 rings (SSSR count). The van der Waals surface area contributed by atoms with Crippen LogP contribution >= 0.6 is 0 Å². The Labute approximate surface area is 96.0 Å². The van der Waals surface area contributed by atoms with Crippen LogP contribution in [-0.2, 0) is 9.53 Å². The van der Waals surface area contributed by atoms with Crippen LogP contribution in [0.4, 0.5) is 0 Å². The zero-order valence-corrected chi connectivity index (χ0v) is 10.1. The molecule has 3 N–H and O–H groups in total. The van der Waals surface area contributed by atoms with E-state index in [9.17, 15) is 4.79 Å². The molecule has 0 aliphatic carbocycles. The van der Waals surface area contributed by atoms with Crippen molar-refractivity contribution in [3.63, 3.8) is 0 Å². The molecule has 0 saturated carbocycles. The number of likely N-dealkylation sites (N-methyl/N-ethyl adjacent to an activating group) is 1. The lowest BCUT2D eigenvalue weighted by atomic mass is 10.2. The van der Waals surface area contributed by atoms with Gasteiger partial charge in [-0.25, -0.2) is 0 Å². The summed E-state index contributed by atoms with van der Waals surface area (Å²) in [5.74, 6) is 0.00770. The molecule has 6 heteroatoms. The van der Waals surface area contributed by atoms with Gasteiger partial charge in [0.2, 0.25) is 5.91 Å². The van der Waals surface area contributed by atoms with Gasteiger partial charge in [0, 0.05) is 26.1 Å². The van der Waals surface area contributed by atoms with Crippen molar-refractivity contribution in [1.29, 1.82) is 0 Å². The van der Waals surface area contributed by atoms with E-state index in [0.29, 0.717) is 13.0 Å². The van der Waals surface area contributed by atoms with Crippen LogP contribution in [0.5, 0.6) is 0 Å². The van der Waals surface area contributed by atoms with Crippen LogP contribution in [0.1, 0.15) is 26.7 Å². The molecule has 6 nitrogen and oxygen atoms in total. The summed E-state index contributed by atoms with van der Waals surface area (Å²) < 4.78 is 5.15. The summed E-state index contributed by atoms with van der Waals surface area (Å²) in [5.41, 5.74) is 5.36. The predicted octanol–water partition coefficient (Wildman–Crippen LogP) is 0.396. The van der Waals surface area contributed by atoms with E-state index in [1.807, 2.05) is 13.8 Å². The third-order valence-corrected chi connectivity index (χ3v) is 2.26. The van der Waals surface area contributed by atoms with Crippen molar-refractivity contribution < 1.29 is 14.7 Å². The first-order valence-corrected chi connectivity index (χ1v) is 5.32. The first kappa shape index (κ1) is 14.7. The van der Waals surface area contributed by atoms with Gasteiger partial charge in [-0.3, -0.25) is 4.79 Å². The lowest BCUT2D eigenvalue weighted by Crippen LogP contribution is -2.39. The summed E-state index contributed by atoms with van der Waals surface area (Å²) in [7, 11) is 1.67. The van der Waals surface area contributed by atoms with E-state index in [4.69, 9.17) is 15.7 Å². The first-order valence-electron chi connectivity index (χ1n) is 5.32. The molecule has 0 saturated heterocycles. The Hall–Kier alpha value is -1.30. The third kappa shape index (κ3) is 5.55. The van der Waals surface area contributed by atoms with E-state index >= 15 is 0 Å². The largest absolute Gasteiger partial charge is 0.409 e. The second-order valence-corrected chi connectivity index (χ2v) is 3.70. The molecule has 0 aliphatic heterocycles. The van der Waals surface area contributed by atoms with Crippen LogP contribution in [0.2, 0.25) is 0 Å². The summed E-state index contributed by atoms with van der Waals surface area (Å²) in [6, 6.07) is -0.117. The number of rotatable bonds is 7. The maximum Gasteiger partial charge on any atom is 0.248 e. The topological polar surface area (TPSA) is 88.2 Å². The Morgan fingerprint density at radius 2 is 2.25 bits per heavy atom. The zero-order valence-electron chi connectivity index (χ0n) is 10.1. The highest BCUT2D eigenvalue weighted by Gasteiger charge is 2.16. The molecule has 0 spiro atoms. The van der Waals surface area contributed by atoms with Crippen molar-refractivity contribution >= 4 is 11.7 Å². The molecule has 0 heterocycles. The fourth-order valence-electron chi connectivity index (χ4n) is 1.13. The second kappa shape index (κ2) is 7.92. The summed E-state index contributed by atoms with van der Waals surface area (Å²) >= 11 is 0. The molecular weight excluding hydrogens is 210 g/mol. The van der Waals surface area contributed by atoms with Gasteiger partial charge in [0.15, 0.2) is 0 Å². The number of amidine groups is 1. The molecule has 0 aromatic heterocycles. The van der Waals surface area contributed by atoms with Crippen molar-refractivity contribution in [3.8, 4) is 0 Å². The van der Waals surface area contributed by atoms with E-state index in [-0.39, 0.29) is 24.4 Å². The first-order chi connectivity index (χ1) is 7.52. The van der Waals surface area contributed by atoms with E-state index in [2.05, 4.69) is 5.16 Å². The molecule has 0 radical (unpaired) electrons. The number of hydrogen-bond donors (Lipinski definition) is 2. The summed E-state index contributed by atoms with van der Waals surface area (Å²) in [6.07, 6.45) is 1.23. The molecule has 1 unspecified atom stereocenters. The Morgan fingerprint density at radius 3 is 2.75 bits per heavy atom. The number of oxime groups is 1. The molecule has 1 amide bonds. The molecule has 0 aromatic rings. The van der Waals surface area contributed by atoms with Gasteiger partial charge in [0.05, 0.1) is 0 Å². The van der Waals surface area contributed by atoms with Crippen molar-refractivity contribution in [2.24, 2.45) is 10.9 Å². The lowest BCUT2D eigenvalue weighted by Gasteiger charge is -2.24. The normalized spacial score (nSPS) is 13.6. The summed E-state index contributed by atoms with van der Waals surface area (Å²) in [5, 5.41) is 11.3. The van der Waals surface area contributed by atoms with Gasteiger partial charge >= 0.3 is 0 Å². The Balaban J connectivity index is 4.01. The maximum absolute atomic E-state index is 11.6. The lowest BCUT2D eigenvalue weighted by molar-refractivity contribution is -0.136. The maximum atomic E-state index is 11.6. The number of hydrogen-bond acceptors (Lipinski definition) is 4. The third-order valence-electron chi connectivity index (χ3n) is 2.26. The fraction of sp³-hybridized carbons (Fsp3) is 0.800. The van der Waals surface area contributed by atoms with Crippen LogP contribution in [0, 0.1) is 0 Å². The van der Waals surface area contributed by atoms with Crippen molar-refractivity contribution in [2.45, 2.75) is 32.7 Å². The highest BCUT2D eigenvalue weighted by Crippen LogP contribution is 2.02. The van der Waals surface area contributed by atoms with E-state index in [0.717, 1.165) is 6.42 Å². The van der Waals surface area contributed by atoms with E-state index in [1.165, 1.54) is 4.90 Å². The van der Waals surface area contributed by atoms with E-state index in [1.54, 1.807) is 7.05 Å². The molecule has 16 heavy (non-hydrogen) atoms. The average Bonchev–Trinajstić information content (AvgIpc) is 2.27. The SMILES string of the molecule is CCCOCC(=O)N(C)C(C)CC(N)=NO. The van der Waals surface area contributed by atoms with Gasteiger partial charge in [-0.15, -0.1) is 0 Å². The van der Waals surface area contributed by atoms with Crippen molar-refractivity contribution in [3.05, 3.63) is 0 Å². The van der Waals surface area contributed by atoms with Gasteiger partial charge in [-0.05, 0) is 13.3 Å². The quantitative estimate of drug-likeness (QED) is 0.218. The number of nitrogens with zero attached hydrogens (tertiary/aromatic N) is 2. The van der Waals surface area contributed by atoms with Crippen molar-refractivity contribution in [2.75, 3.05) is 20.3 Å². The Kier molecular flexibility index (Phi) is 7.28. The second-order valence-electron chi connectivity index (χ2n) is 3.70. The van der Waals surface area contributed by atoms with Crippen LogP contribution in [0.15, 0.2) is 5.16 Å². The van der Waals surface area contributed by atoms with Crippen LogP contribution in [0.25, 0.3) is 0 Å². The number of carbonyl (C=O) groups excluding carboxylic acids is 1. The highest BCUT2D eigenvalue weighted by atomic mass is 16.5. The van der Waals surface area contributed by atoms with Crippen LogP contribution in [0.3, 0.4) is 0 Å². The van der Waals surface area contributed by atoms with Crippen LogP contribution < -0.4 is 5.73 Å². The molecule has 0 aliphatic rings. The highest BCUT2D eigenvalue weighted by molar-refractivity contribution is 5.82. The minimum Gasteiger partial charge on any atom is -0.409 e. The molecule has 0 fully saturated rings. The number of ether oxygens (including phenoxy) is 1. The minimum atomic E-state index is -0.117. The monoisotopic (exact) mass is 231 g/mol. The smallest absolute Gasteiger partial charge is 0.248 e. The number of carbonyl (C=O) groups is 1. The van der Waals surface area contributed by atoms with Crippen LogP contribution in [-0.4, -0.2) is 48.2 Å². The van der Waals surface area contributed by atoms with Gasteiger partial charge in [-0.2, -0.15) is 0 Å². The Morgan fingerprint density at radius 1 is 1.62 bits per heavy atom.